The van der Waals surface area contributed by atoms with Crippen LogP contribution in [0.2, 0.25) is 0 Å². The highest BCUT2D eigenvalue weighted by Gasteiger charge is 2.36. The van der Waals surface area contributed by atoms with E-state index in [2.05, 4.69) is 22.7 Å². The van der Waals surface area contributed by atoms with Crippen LogP contribution in [0.3, 0.4) is 0 Å². The minimum absolute atomic E-state index is 0.0825. The first-order chi connectivity index (χ1) is 18.8. The molecule has 220 valence electrons. The van der Waals surface area contributed by atoms with E-state index >= 15 is 0 Å². The van der Waals surface area contributed by atoms with Gasteiger partial charge < -0.3 is 25.6 Å². The zero-order valence-electron chi connectivity index (χ0n) is 24.3. The molecule has 0 aliphatic heterocycles. The number of ether oxygens (including phenoxy) is 1. The third-order valence-corrected chi connectivity index (χ3v) is 10.4. The summed E-state index contributed by atoms with van der Waals surface area (Å²) in [6.45, 7) is 7.04. The largest absolute Gasteiger partial charge is 0.474 e. The summed E-state index contributed by atoms with van der Waals surface area (Å²) < 4.78 is 11.8. The highest BCUT2D eigenvalue weighted by Crippen LogP contribution is 2.43. The number of rotatable bonds is 12. The molecule has 0 saturated heterocycles. The van der Waals surface area contributed by atoms with Crippen molar-refractivity contribution in [1.29, 1.82) is 0 Å². The highest BCUT2D eigenvalue weighted by molar-refractivity contribution is 8.00. The third kappa shape index (κ3) is 8.38. The summed E-state index contributed by atoms with van der Waals surface area (Å²) in [6.07, 6.45) is 15.7. The van der Waals surface area contributed by atoms with E-state index in [1.54, 1.807) is 11.8 Å². The number of nitrogens with zero attached hydrogens (tertiary/aromatic N) is 1. The van der Waals surface area contributed by atoms with Crippen LogP contribution in [0.4, 0.5) is 0 Å². The van der Waals surface area contributed by atoms with E-state index in [4.69, 9.17) is 15.0 Å². The fourth-order valence-corrected chi connectivity index (χ4v) is 7.90. The quantitative estimate of drug-likeness (QED) is 0.280. The molecule has 8 nitrogen and oxygen atoms in total. The number of amides is 2. The minimum atomic E-state index is -0.769. The Hall–Kier alpha value is -1.74. The van der Waals surface area contributed by atoms with Crippen LogP contribution in [-0.4, -0.2) is 48.0 Å². The van der Waals surface area contributed by atoms with E-state index in [9.17, 15) is 9.59 Å². The zero-order valence-corrected chi connectivity index (χ0v) is 25.1. The second-order valence-electron chi connectivity index (χ2n) is 12.8. The van der Waals surface area contributed by atoms with Gasteiger partial charge in [-0.25, -0.2) is 0 Å². The molecule has 3 fully saturated rings. The molecule has 9 heteroatoms. The normalized spacial score (nSPS) is 25.0. The molecule has 2 bridgehead atoms. The molecule has 3 aliphatic rings. The van der Waals surface area contributed by atoms with Crippen molar-refractivity contribution in [1.82, 2.24) is 15.8 Å². The topological polar surface area (TPSA) is 119 Å². The first-order valence-corrected chi connectivity index (χ1v) is 16.2. The lowest BCUT2D eigenvalue weighted by Crippen LogP contribution is -2.41. The van der Waals surface area contributed by atoms with Crippen LogP contribution in [0, 0.1) is 23.2 Å². The van der Waals surface area contributed by atoms with E-state index in [1.807, 2.05) is 13.8 Å². The fourth-order valence-electron chi connectivity index (χ4n) is 6.57. The molecule has 3 atom stereocenters. The summed E-state index contributed by atoms with van der Waals surface area (Å²) in [5.41, 5.74) is 4.78. The van der Waals surface area contributed by atoms with Gasteiger partial charge in [0.25, 0.3) is 11.8 Å². The van der Waals surface area contributed by atoms with Gasteiger partial charge in [0.05, 0.1) is 5.41 Å². The number of nitrogens with one attached hydrogen (secondary N) is 2. The molecule has 3 aliphatic carbocycles. The Labute approximate surface area is 238 Å². The van der Waals surface area contributed by atoms with Crippen molar-refractivity contribution in [2.75, 3.05) is 19.7 Å². The predicted molar refractivity (Wildman–Crippen MR) is 155 cm³/mol. The van der Waals surface area contributed by atoms with Crippen molar-refractivity contribution in [2.45, 2.75) is 120 Å². The van der Waals surface area contributed by atoms with Crippen molar-refractivity contribution in [3.8, 4) is 5.88 Å². The Morgan fingerprint density at radius 2 is 1.74 bits per heavy atom. The molecule has 3 saturated carbocycles. The SMILES string of the molecule is CC(NC(=O)c1onc(OCC(C)(C)C(=O)NCCCN)c1SC1CCCCC1)C1CC2CCCCC(C2)C1. The number of hydrogen-bond acceptors (Lipinski definition) is 7. The van der Waals surface area contributed by atoms with E-state index in [0.29, 0.717) is 35.0 Å². The van der Waals surface area contributed by atoms with Crippen LogP contribution in [0.5, 0.6) is 5.88 Å². The molecule has 4 N–H and O–H groups in total. The van der Waals surface area contributed by atoms with Crippen molar-refractivity contribution < 1.29 is 18.8 Å². The van der Waals surface area contributed by atoms with Gasteiger partial charge in [-0.1, -0.05) is 44.9 Å². The van der Waals surface area contributed by atoms with Gasteiger partial charge in [-0.15, -0.1) is 11.8 Å². The molecular formula is C30H50N4O4S. The predicted octanol–water partition coefficient (Wildman–Crippen LogP) is 5.69. The number of carbonyl (C=O) groups excluding carboxylic acids is 2. The lowest BCUT2D eigenvalue weighted by molar-refractivity contribution is -0.130. The van der Waals surface area contributed by atoms with Crippen molar-refractivity contribution in [3.63, 3.8) is 0 Å². The van der Waals surface area contributed by atoms with Gasteiger partial charge in [0, 0.05) is 17.8 Å². The Morgan fingerprint density at radius 3 is 2.41 bits per heavy atom. The average molecular weight is 563 g/mol. The van der Waals surface area contributed by atoms with E-state index in [0.717, 1.165) is 31.1 Å². The van der Waals surface area contributed by atoms with E-state index in [1.165, 1.54) is 64.2 Å². The van der Waals surface area contributed by atoms with Crippen LogP contribution >= 0.6 is 11.8 Å². The maximum Gasteiger partial charge on any atom is 0.291 e. The number of hydrogen-bond donors (Lipinski definition) is 3. The average Bonchev–Trinajstić information content (AvgIpc) is 3.24. The molecule has 3 unspecified atom stereocenters. The summed E-state index contributed by atoms with van der Waals surface area (Å²) >= 11 is 1.65. The third-order valence-electron chi connectivity index (χ3n) is 8.99. The monoisotopic (exact) mass is 562 g/mol. The fraction of sp³-hybridized carbons (Fsp3) is 0.833. The van der Waals surface area contributed by atoms with Gasteiger partial charge >= 0.3 is 0 Å². The van der Waals surface area contributed by atoms with Gasteiger partial charge in [-0.05, 0) is 88.8 Å². The van der Waals surface area contributed by atoms with E-state index < -0.39 is 5.41 Å². The van der Waals surface area contributed by atoms with Crippen molar-refractivity contribution >= 4 is 23.6 Å². The molecule has 2 amide bonds. The van der Waals surface area contributed by atoms with Gasteiger partial charge in [0.1, 0.15) is 11.5 Å². The van der Waals surface area contributed by atoms with Crippen molar-refractivity contribution in [3.05, 3.63) is 5.76 Å². The number of carbonyl (C=O) groups is 2. The number of nitrogens with two attached hydrogens (primary N) is 1. The van der Waals surface area contributed by atoms with Crippen LogP contribution in [0.1, 0.15) is 115 Å². The number of thioether (sulfide) groups is 1. The Morgan fingerprint density at radius 1 is 1.08 bits per heavy atom. The number of aromatic nitrogens is 1. The van der Waals surface area contributed by atoms with Crippen LogP contribution in [0.15, 0.2) is 9.42 Å². The zero-order chi connectivity index (χ0) is 27.8. The lowest BCUT2D eigenvalue weighted by Gasteiger charge is -2.36. The summed E-state index contributed by atoms with van der Waals surface area (Å²) in [6, 6.07) is 0.0825. The second kappa shape index (κ2) is 14.2. The van der Waals surface area contributed by atoms with Crippen molar-refractivity contribution in [2.24, 2.45) is 28.9 Å². The van der Waals surface area contributed by atoms with Gasteiger partial charge in [-0.3, -0.25) is 9.59 Å². The summed E-state index contributed by atoms with van der Waals surface area (Å²) in [5.74, 6) is 2.35. The lowest BCUT2D eigenvalue weighted by atomic mass is 9.72. The van der Waals surface area contributed by atoms with Gasteiger partial charge in [-0.2, -0.15) is 0 Å². The standard InChI is InChI=1S/C30H50N4O4S/c1-20(23-17-21-10-7-8-11-22(16-21)18-23)33-27(35)25-26(39-24-12-5-4-6-13-24)28(34-38-25)37-19-30(2,3)29(36)32-15-9-14-31/h20-24H,4-19,31H2,1-3H3,(H,32,36)(H,33,35). The Balaban J connectivity index is 1.44. The number of fused-ring (bicyclic) bond motifs is 2. The maximum absolute atomic E-state index is 13.6. The summed E-state index contributed by atoms with van der Waals surface area (Å²) in [4.78, 5) is 26.9. The highest BCUT2D eigenvalue weighted by atomic mass is 32.2. The Kier molecular flexibility index (Phi) is 11.0. The molecule has 4 rings (SSSR count). The molecule has 0 spiro atoms. The summed E-state index contributed by atoms with van der Waals surface area (Å²) in [7, 11) is 0. The molecule has 1 aromatic heterocycles. The molecule has 39 heavy (non-hydrogen) atoms. The van der Waals surface area contributed by atoms with Crippen LogP contribution < -0.4 is 21.1 Å². The minimum Gasteiger partial charge on any atom is -0.474 e. The Bertz CT molecular complexity index is 931. The molecule has 1 aromatic rings. The first-order valence-electron chi connectivity index (χ1n) is 15.3. The molecule has 1 heterocycles. The first kappa shape index (κ1) is 30.2. The van der Waals surface area contributed by atoms with Gasteiger partial charge in [0.15, 0.2) is 0 Å². The molecule has 0 aromatic carbocycles. The smallest absolute Gasteiger partial charge is 0.291 e. The van der Waals surface area contributed by atoms with Gasteiger partial charge in [0.2, 0.25) is 11.7 Å². The molecular weight excluding hydrogens is 512 g/mol. The van der Waals surface area contributed by atoms with Crippen LogP contribution in [-0.2, 0) is 4.79 Å². The second-order valence-corrected chi connectivity index (χ2v) is 14.2. The maximum atomic E-state index is 13.6. The summed E-state index contributed by atoms with van der Waals surface area (Å²) in [5, 5.41) is 10.8. The van der Waals surface area contributed by atoms with E-state index in [-0.39, 0.29) is 30.2 Å². The van der Waals surface area contributed by atoms with Crippen LogP contribution in [0.25, 0.3) is 0 Å². The molecule has 0 radical (unpaired) electrons.